The summed E-state index contributed by atoms with van der Waals surface area (Å²) in [4.78, 5) is 5.22. The molecule has 1 aromatic rings. The Labute approximate surface area is 121 Å². The normalized spacial score (nSPS) is 27.4. The minimum Gasteiger partial charge on any atom is -0.492 e. The highest BCUT2D eigenvalue weighted by molar-refractivity contribution is 5.43. The van der Waals surface area contributed by atoms with Gasteiger partial charge in [-0.25, -0.2) is 0 Å². The third-order valence-corrected chi connectivity index (χ3v) is 4.57. The van der Waals surface area contributed by atoms with Crippen molar-refractivity contribution in [2.24, 2.45) is 0 Å². The van der Waals surface area contributed by atoms with E-state index in [0.29, 0.717) is 6.04 Å². The Balaban J connectivity index is 1.48. The van der Waals surface area contributed by atoms with Crippen molar-refractivity contribution >= 4 is 5.69 Å². The fourth-order valence-electron chi connectivity index (χ4n) is 3.44. The third-order valence-electron chi connectivity index (χ3n) is 4.57. The second kappa shape index (κ2) is 6.02. The van der Waals surface area contributed by atoms with Crippen LogP contribution >= 0.6 is 0 Å². The summed E-state index contributed by atoms with van der Waals surface area (Å²) in [7, 11) is 0. The smallest absolute Gasteiger partial charge is 0.121 e. The predicted octanol–water partition coefficient (Wildman–Crippen LogP) is 1.82. The van der Waals surface area contributed by atoms with E-state index in [-0.39, 0.29) is 0 Å². The fourth-order valence-corrected chi connectivity index (χ4v) is 3.44. The van der Waals surface area contributed by atoms with Crippen molar-refractivity contribution in [3.8, 4) is 5.75 Å². The molecule has 0 aliphatic carbocycles. The van der Waals surface area contributed by atoms with Crippen molar-refractivity contribution in [3.63, 3.8) is 0 Å². The van der Waals surface area contributed by atoms with Gasteiger partial charge in [-0.05, 0) is 38.4 Å². The Kier molecular flexibility index (Phi) is 4.13. The van der Waals surface area contributed by atoms with E-state index in [1.165, 1.54) is 32.5 Å². The van der Waals surface area contributed by atoms with Crippen LogP contribution < -0.4 is 10.5 Å². The number of nitrogens with zero attached hydrogens (tertiary/aromatic N) is 2. The van der Waals surface area contributed by atoms with E-state index in [2.05, 4.69) is 16.7 Å². The molecule has 2 aliphatic rings. The van der Waals surface area contributed by atoms with Crippen LogP contribution in [0, 0.1) is 0 Å². The van der Waals surface area contributed by atoms with Gasteiger partial charge >= 0.3 is 0 Å². The number of fused-ring (bicyclic) bond motifs is 1. The van der Waals surface area contributed by atoms with E-state index in [9.17, 15) is 0 Å². The molecule has 0 bridgehead atoms. The lowest BCUT2D eigenvalue weighted by Gasteiger charge is -2.42. The first-order valence-corrected chi connectivity index (χ1v) is 7.69. The molecule has 0 spiro atoms. The number of ether oxygens (including phenoxy) is 1. The molecule has 2 atom stereocenters. The second-order valence-electron chi connectivity index (χ2n) is 6.06. The maximum atomic E-state index is 5.81. The van der Waals surface area contributed by atoms with Crippen molar-refractivity contribution in [3.05, 3.63) is 24.3 Å². The molecule has 0 amide bonds. The quantitative estimate of drug-likeness (QED) is 0.851. The Morgan fingerprint density at radius 3 is 3.10 bits per heavy atom. The third kappa shape index (κ3) is 3.07. The van der Waals surface area contributed by atoms with Crippen molar-refractivity contribution in [1.29, 1.82) is 0 Å². The van der Waals surface area contributed by atoms with Crippen LogP contribution in [-0.2, 0) is 0 Å². The first kappa shape index (κ1) is 13.7. The molecular formula is C16H25N3O. The summed E-state index contributed by atoms with van der Waals surface area (Å²) in [5.74, 6) is 0.872. The zero-order chi connectivity index (χ0) is 13.9. The Morgan fingerprint density at radius 1 is 1.35 bits per heavy atom. The van der Waals surface area contributed by atoms with Crippen molar-refractivity contribution < 1.29 is 4.74 Å². The molecule has 1 aromatic carbocycles. The lowest BCUT2D eigenvalue weighted by atomic mass is 10.1. The molecule has 2 saturated heterocycles. The minimum atomic E-state index is 0.633. The highest BCUT2D eigenvalue weighted by Gasteiger charge is 2.33. The van der Waals surface area contributed by atoms with Crippen LogP contribution in [-0.4, -0.2) is 54.7 Å². The van der Waals surface area contributed by atoms with Gasteiger partial charge in [-0.3, -0.25) is 9.80 Å². The molecule has 4 heteroatoms. The van der Waals surface area contributed by atoms with Crippen LogP contribution in [0.5, 0.6) is 5.75 Å². The van der Waals surface area contributed by atoms with Gasteiger partial charge in [-0.15, -0.1) is 0 Å². The van der Waals surface area contributed by atoms with Gasteiger partial charge < -0.3 is 10.5 Å². The Bertz CT molecular complexity index is 451. The maximum Gasteiger partial charge on any atom is 0.121 e. The van der Waals surface area contributed by atoms with E-state index < -0.39 is 0 Å². The first-order valence-electron chi connectivity index (χ1n) is 7.69. The van der Waals surface area contributed by atoms with Gasteiger partial charge in [0.15, 0.2) is 0 Å². The van der Waals surface area contributed by atoms with Gasteiger partial charge in [0.1, 0.15) is 12.4 Å². The van der Waals surface area contributed by atoms with Gasteiger partial charge in [0.25, 0.3) is 0 Å². The highest BCUT2D eigenvalue weighted by Crippen LogP contribution is 2.24. The van der Waals surface area contributed by atoms with Crippen LogP contribution in [0.15, 0.2) is 24.3 Å². The molecule has 2 unspecified atom stereocenters. The Hall–Kier alpha value is -1.26. The van der Waals surface area contributed by atoms with Gasteiger partial charge in [0.2, 0.25) is 0 Å². The first-order chi connectivity index (χ1) is 9.72. The van der Waals surface area contributed by atoms with Crippen molar-refractivity contribution in [2.45, 2.75) is 31.8 Å². The minimum absolute atomic E-state index is 0.633. The number of nitrogen functional groups attached to an aromatic ring is 1. The summed E-state index contributed by atoms with van der Waals surface area (Å²) < 4.78 is 5.81. The molecule has 2 N–H and O–H groups in total. The summed E-state index contributed by atoms with van der Waals surface area (Å²) >= 11 is 0. The Morgan fingerprint density at radius 2 is 2.25 bits per heavy atom. The van der Waals surface area contributed by atoms with E-state index >= 15 is 0 Å². The summed E-state index contributed by atoms with van der Waals surface area (Å²) in [6, 6.07) is 9.08. The van der Waals surface area contributed by atoms with E-state index in [1.54, 1.807) is 0 Å². The van der Waals surface area contributed by atoms with Gasteiger partial charge in [0, 0.05) is 43.5 Å². The van der Waals surface area contributed by atoms with Crippen LogP contribution in [0.4, 0.5) is 5.69 Å². The standard InChI is InChI=1S/C16H25N3O/c1-13-11-19-7-3-5-15(19)12-18(13)8-9-20-16-6-2-4-14(17)10-16/h2,4,6,10,13,15H,3,5,7-9,11-12,17H2,1H3. The number of hydrogen-bond acceptors (Lipinski definition) is 4. The summed E-state index contributed by atoms with van der Waals surface area (Å²) in [5.41, 5.74) is 6.52. The lowest BCUT2D eigenvalue weighted by molar-refractivity contribution is 0.0500. The van der Waals surface area contributed by atoms with Gasteiger partial charge in [0.05, 0.1) is 0 Å². The summed E-state index contributed by atoms with van der Waals surface area (Å²) in [6.07, 6.45) is 2.73. The molecule has 2 fully saturated rings. The van der Waals surface area contributed by atoms with Crippen molar-refractivity contribution in [1.82, 2.24) is 9.80 Å². The number of piperazine rings is 1. The number of benzene rings is 1. The number of nitrogens with two attached hydrogens (primary N) is 1. The van der Waals surface area contributed by atoms with E-state index in [4.69, 9.17) is 10.5 Å². The average Bonchev–Trinajstić information content (AvgIpc) is 2.86. The number of hydrogen-bond donors (Lipinski definition) is 1. The van der Waals surface area contributed by atoms with Crippen molar-refractivity contribution in [2.75, 3.05) is 38.5 Å². The maximum absolute atomic E-state index is 5.81. The number of anilines is 1. The second-order valence-corrected chi connectivity index (χ2v) is 6.06. The fraction of sp³-hybridized carbons (Fsp3) is 0.625. The average molecular weight is 275 g/mol. The number of rotatable bonds is 4. The van der Waals surface area contributed by atoms with Gasteiger partial charge in [-0.2, -0.15) is 0 Å². The van der Waals surface area contributed by atoms with Crippen LogP contribution in [0.25, 0.3) is 0 Å². The molecule has 0 radical (unpaired) electrons. The molecule has 2 heterocycles. The van der Waals surface area contributed by atoms with Crippen LogP contribution in [0.3, 0.4) is 0 Å². The van der Waals surface area contributed by atoms with E-state index in [1.807, 2.05) is 24.3 Å². The molecule has 20 heavy (non-hydrogen) atoms. The molecule has 2 aliphatic heterocycles. The van der Waals surface area contributed by atoms with Crippen LogP contribution in [0.1, 0.15) is 19.8 Å². The van der Waals surface area contributed by atoms with E-state index in [0.717, 1.165) is 30.6 Å². The summed E-state index contributed by atoms with van der Waals surface area (Å²) in [5, 5.41) is 0. The topological polar surface area (TPSA) is 41.7 Å². The zero-order valence-corrected chi connectivity index (χ0v) is 12.3. The van der Waals surface area contributed by atoms with Crippen LogP contribution in [0.2, 0.25) is 0 Å². The SMILES string of the molecule is CC1CN2CCCC2CN1CCOc1cccc(N)c1. The molecule has 0 aromatic heterocycles. The molecule has 3 rings (SSSR count). The lowest BCUT2D eigenvalue weighted by Crippen LogP contribution is -2.55. The monoisotopic (exact) mass is 275 g/mol. The molecular weight excluding hydrogens is 250 g/mol. The largest absolute Gasteiger partial charge is 0.492 e. The molecule has 0 saturated carbocycles. The highest BCUT2D eigenvalue weighted by atomic mass is 16.5. The molecule has 110 valence electrons. The predicted molar refractivity (Wildman–Crippen MR) is 82.0 cm³/mol. The molecule has 4 nitrogen and oxygen atoms in total. The summed E-state index contributed by atoms with van der Waals surface area (Å²) in [6.45, 7) is 7.77. The zero-order valence-electron chi connectivity index (χ0n) is 12.3. The van der Waals surface area contributed by atoms with Gasteiger partial charge in [-0.1, -0.05) is 6.07 Å².